The fourth-order valence-corrected chi connectivity index (χ4v) is 5.06. The minimum Gasteiger partial charge on any atom is -0.339 e. The molecule has 35 heavy (non-hydrogen) atoms. The average molecular weight is 480 g/mol. The molecule has 2 aliphatic carbocycles. The van der Waals surface area contributed by atoms with Crippen molar-refractivity contribution in [3.05, 3.63) is 47.4 Å². The molecule has 1 unspecified atom stereocenters. The molecular weight excluding hydrogens is 449 g/mol. The van der Waals surface area contributed by atoms with Gasteiger partial charge in [0, 0.05) is 35.8 Å². The van der Waals surface area contributed by atoms with Crippen LogP contribution in [0.4, 0.5) is 10.2 Å². The standard InChI is InChI=1S/C25H30FN7O2/c1-4-33-19(9-10-28-33)24(34)29-22(21(15-5-6-15)16-7-8-16)25(35)30-23-18(26)11-17(12-27-23)20-13(2)31-32-14(20)3/h9-12,15-16,21-22H,4-8H2,1-3H3,(H,29,34)(H,31,32)(H,27,30,35). The maximum atomic E-state index is 15.0. The van der Waals surface area contributed by atoms with Crippen molar-refractivity contribution in [1.82, 2.24) is 30.3 Å². The second-order valence-corrected chi connectivity index (χ2v) is 9.59. The highest BCUT2D eigenvalue weighted by atomic mass is 19.1. The fourth-order valence-electron chi connectivity index (χ4n) is 5.06. The van der Waals surface area contributed by atoms with Crippen molar-refractivity contribution in [2.75, 3.05) is 5.32 Å². The molecule has 2 amide bonds. The Morgan fingerprint density at radius 2 is 1.94 bits per heavy atom. The first kappa shape index (κ1) is 23.2. The highest BCUT2D eigenvalue weighted by Crippen LogP contribution is 2.51. The third-order valence-corrected chi connectivity index (χ3v) is 7.03. The van der Waals surface area contributed by atoms with Gasteiger partial charge in [-0.15, -0.1) is 0 Å². The van der Waals surface area contributed by atoms with Gasteiger partial charge in [-0.25, -0.2) is 9.37 Å². The maximum absolute atomic E-state index is 15.0. The van der Waals surface area contributed by atoms with Gasteiger partial charge in [0.05, 0.1) is 5.69 Å². The summed E-state index contributed by atoms with van der Waals surface area (Å²) < 4.78 is 16.6. The lowest BCUT2D eigenvalue weighted by molar-refractivity contribution is -0.119. The number of hydrogen-bond donors (Lipinski definition) is 3. The number of nitrogens with zero attached hydrogens (tertiary/aromatic N) is 4. The van der Waals surface area contributed by atoms with Crippen molar-refractivity contribution in [1.29, 1.82) is 0 Å². The Labute approximate surface area is 202 Å². The lowest BCUT2D eigenvalue weighted by Gasteiger charge is -2.27. The molecule has 0 aromatic carbocycles. The van der Waals surface area contributed by atoms with Crippen LogP contribution >= 0.6 is 0 Å². The van der Waals surface area contributed by atoms with Crippen LogP contribution in [-0.2, 0) is 11.3 Å². The second-order valence-electron chi connectivity index (χ2n) is 9.59. The summed E-state index contributed by atoms with van der Waals surface area (Å²) in [6.07, 6.45) is 7.25. The van der Waals surface area contributed by atoms with E-state index in [1.54, 1.807) is 16.9 Å². The van der Waals surface area contributed by atoms with Gasteiger partial charge < -0.3 is 10.6 Å². The molecule has 2 saturated carbocycles. The molecule has 2 aliphatic rings. The summed E-state index contributed by atoms with van der Waals surface area (Å²) in [7, 11) is 0. The van der Waals surface area contributed by atoms with Gasteiger partial charge in [0.15, 0.2) is 11.6 Å². The smallest absolute Gasteiger partial charge is 0.270 e. The van der Waals surface area contributed by atoms with E-state index in [2.05, 4.69) is 30.9 Å². The van der Waals surface area contributed by atoms with Gasteiger partial charge in [-0.2, -0.15) is 10.2 Å². The molecule has 0 spiro atoms. The molecule has 5 rings (SSSR count). The van der Waals surface area contributed by atoms with Gasteiger partial charge in [-0.3, -0.25) is 19.4 Å². The number of pyridine rings is 1. The molecule has 0 radical (unpaired) electrons. The highest BCUT2D eigenvalue weighted by molar-refractivity contribution is 6.00. The Hall–Kier alpha value is -3.56. The number of halogens is 1. The largest absolute Gasteiger partial charge is 0.339 e. The molecular formula is C25H30FN7O2. The third kappa shape index (κ3) is 4.69. The summed E-state index contributed by atoms with van der Waals surface area (Å²) in [5.41, 5.74) is 3.32. The van der Waals surface area contributed by atoms with Crippen LogP contribution in [0.1, 0.15) is 54.5 Å². The van der Waals surface area contributed by atoms with E-state index in [1.165, 1.54) is 12.3 Å². The topological polar surface area (TPSA) is 118 Å². The third-order valence-electron chi connectivity index (χ3n) is 7.03. The van der Waals surface area contributed by atoms with Crippen LogP contribution in [-0.4, -0.2) is 42.8 Å². The number of carbonyl (C=O) groups excluding carboxylic acids is 2. The van der Waals surface area contributed by atoms with Crippen LogP contribution in [0.15, 0.2) is 24.5 Å². The van der Waals surface area contributed by atoms with Crippen molar-refractivity contribution in [3.8, 4) is 11.1 Å². The Morgan fingerprint density at radius 1 is 1.23 bits per heavy atom. The lowest BCUT2D eigenvalue weighted by Crippen LogP contribution is -2.50. The number of rotatable bonds is 9. The maximum Gasteiger partial charge on any atom is 0.270 e. The van der Waals surface area contributed by atoms with Crippen molar-refractivity contribution in [2.24, 2.45) is 17.8 Å². The molecule has 0 saturated heterocycles. The highest BCUT2D eigenvalue weighted by Gasteiger charge is 2.48. The number of amides is 2. The van der Waals surface area contributed by atoms with Gasteiger partial charge >= 0.3 is 0 Å². The first-order valence-electron chi connectivity index (χ1n) is 12.2. The first-order chi connectivity index (χ1) is 16.9. The monoisotopic (exact) mass is 479 g/mol. The van der Waals surface area contributed by atoms with Crippen LogP contribution < -0.4 is 10.6 Å². The van der Waals surface area contributed by atoms with Gasteiger partial charge in [-0.05, 0) is 76.3 Å². The Balaban J connectivity index is 1.39. The van der Waals surface area contributed by atoms with Crippen LogP contribution in [0.5, 0.6) is 0 Å². The Bertz CT molecular complexity index is 1230. The number of H-pyrrole nitrogens is 1. The summed E-state index contributed by atoms with van der Waals surface area (Å²) in [4.78, 5) is 30.8. The Kier molecular flexibility index (Phi) is 6.12. The van der Waals surface area contributed by atoms with Gasteiger partial charge in [0.2, 0.25) is 5.91 Å². The van der Waals surface area contributed by atoms with E-state index in [-0.39, 0.29) is 17.6 Å². The van der Waals surface area contributed by atoms with Crippen LogP contribution in [0.25, 0.3) is 11.1 Å². The van der Waals surface area contributed by atoms with Crippen molar-refractivity contribution in [2.45, 2.75) is 59.0 Å². The van der Waals surface area contributed by atoms with Crippen LogP contribution in [0, 0.1) is 37.4 Å². The number of aryl methyl sites for hydroxylation is 3. The van der Waals surface area contributed by atoms with E-state index in [1.807, 2.05) is 20.8 Å². The van der Waals surface area contributed by atoms with Gasteiger partial charge in [-0.1, -0.05) is 0 Å². The molecule has 0 aliphatic heterocycles. The van der Waals surface area contributed by atoms with Crippen molar-refractivity contribution >= 4 is 17.6 Å². The molecule has 3 aromatic heterocycles. The zero-order chi connectivity index (χ0) is 24.7. The van der Waals surface area contributed by atoms with E-state index in [4.69, 9.17) is 0 Å². The molecule has 9 nitrogen and oxygen atoms in total. The van der Waals surface area contributed by atoms with Crippen LogP contribution in [0.3, 0.4) is 0 Å². The second kappa shape index (κ2) is 9.24. The molecule has 0 bridgehead atoms. The molecule has 3 N–H and O–H groups in total. The number of aromatic amines is 1. The zero-order valence-corrected chi connectivity index (χ0v) is 20.1. The SMILES string of the molecule is CCn1nccc1C(=O)NC(C(=O)Nc1ncc(-c2c(C)n[nH]c2C)cc1F)C(C1CC1)C1CC1. The predicted molar refractivity (Wildman–Crippen MR) is 128 cm³/mol. The predicted octanol–water partition coefficient (Wildman–Crippen LogP) is 3.62. The average Bonchev–Trinajstić information content (AvgIpc) is 3.77. The Morgan fingerprint density at radius 3 is 2.51 bits per heavy atom. The van der Waals surface area contributed by atoms with E-state index in [0.29, 0.717) is 29.6 Å². The summed E-state index contributed by atoms with van der Waals surface area (Å²) in [5.74, 6) is -0.788. The van der Waals surface area contributed by atoms with Gasteiger partial charge in [0.25, 0.3) is 5.91 Å². The van der Waals surface area contributed by atoms with Crippen molar-refractivity contribution < 1.29 is 14.0 Å². The number of hydrogen-bond acceptors (Lipinski definition) is 5. The van der Waals surface area contributed by atoms with E-state index >= 15 is 4.39 Å². The van der Waals surface area contributed by atoms with E-state index < -0.39 is 17.8 Å². The first-order valence-corrected chi connectivity index (χ1v) is 12.2. The fraction of sp³-hybridized carbons (Fsp3) is 0.480. The van der Waals surface area contributed by atoms with Gasteiger partial charge in [0.1, 0.15) is 11.7 Å². The molecule has 10 heteroatoms. The summed E-state index contributed by atoms with van der Waals surface area (Å²) in [6.45, 7) is 6.13. The van der Waals surface area contributed by atoms with Crippen molar-refractivity contribution in [3.63, 3.8) is 0 Å². The van der Waals surface area contributed by atoms with E-state index in [0.717, 1.165) is 42.6 Å². The summed E-state index contributed by atoms with van der Waals surface area (Å²) in [6, 6.07) is 2.21. The van der Waals surface area contributed by atoms with Crippen LogP contribution in [0.2, 0.25) is 0 Å². The number of carbonyl (C=O) groups is 2. The normalized spacial score (nSPS) is 16.4. The quantitative estimate of drug-likeness (QED) is 0.433. The number of nitrogens with one attached hydrogen (secondary N) is 3. The molecule has 3 heterocycles. The minimum atomic E-state index is -0.776. The summed E-state index contributed by atoms with van der Waals surface area (Å²) in [5, 5.41) is 16.8. The molecule has 3 aromatic rings. The van der Waals surface area contributed by atoms with E-state index in [9.17, 15) is 9.59 Å². The molecule has 184 valence electrons. The number of aromatic nitrogens is 5. The minimum absolute atomic E-state index is 0.0236. The lowest BCUT2D eigenvalue weighted by atomic mass is 9.88. The molecule has 2 fully saturated rings. The summed E-state index contributed by atoms with van der Waals surface area (Å²) >= 11 is 0. The molecule has 1 atom stereocenters. The zero-order valence-electron chi connectivity index (χ0n) is 20.1. The number of anilines is 1.